The number of anilines is 3. The summed E-state index contributed by atoms with van der Waals surface area (Å²) < 4.78 is 0. The highest BCUT2D eigenvalue weighted by atomic mass is 15.1. The van der Waals surface area contributed by atoms with Crippen molar-refractivity contribution in [3.63, 3.8) is 0 Å². The van der Waals surface area contributed by atoms with Gasteiger partial charge in [0.05, 0.1) is 11.4 Å². The molecular formula is C62H39N. The van der Waals surface area contributed by atoms with Gasteiger partial charge in [0.1, 0.15) is 0 Å². The van der Waals surface area contributed by atoms with E-state index >= 15 is 0 Å². The Bertz CT molecular complexity index is 3770. The molecule has 0 saturated heterocycles. The lowest BCUT2D eigenvalue weighted by Gasteiger charge is -2.27. The molecular weight excluding hydrogens is 759 g/mol. The van der Waals surface area contributed by atoms with E-state index in [1.165, 1.54) is 115 Å². The van der Waals surface area contributed by atoms with Crippen LogP contribution < -0.4 is 4.90 Å². The van der Waals surface area contributed by atoms with Gasteiger partial charge >= 0.3 is 0 Å². The second kappa shape index (κ2) is 14.2. The summed E-state index contributed by atoms with van der Waals surface area (Å²) in [5, 5.41) is 12.7. The Morgan fingerprint density at radius 2 is 0.635 bits per heavy atom. The van der Waals surface area contributed by atoms with Gasteiger partial charge < -0.3 is 4.90 Å². The topological polar surface area (TPSA) is 3.24 Å². The molecule has 0 bridgehead atoms. The molecule has 0 N–H and O–H groups in total. The van der Waals surface area contributed by atoms with Crippen molar-refractivity contribution in [3.05, 3.63) is 237 Å². The van der Waals surface area contributed by atoms with Crippen LogP contribution in [0.3, 0.4) is 0 Å². The summed E-state index contributed by atoms with van der Waals surface area (Å²) >= 11 is 0. The average Bonchev–Trinajstić information content (AvgIpc) is 3.48. The first-order valence-corrected chi connectivity index (χ1v) is 21.8. The van der Waals surface area contributed by atoms with Gasteiger partial charge in [-0.2, -0.15) is 0 Å². The van der Waals surface area contributed by atoms with Crippen molar-refractivity contribution in [3.8, 4) is 55.6 Å². The molecule has 12 aromatic carbocycles. The predicted octanol–water partition coefficient (Wildman–Crippen LogP) is 17.6. The first kappa shape index (κ1) is 35.5. The maximum absolute atomic E-state index is 2.43. The lowest BCUT2D eigenvalue weighted by molar-refractivity contribution is 1.29. The molecule has 292 valence electrons. The van der Waals surface area contributed by atoms with E-state index in [1.807, 2.05) is 0 Å². The highest BCUT2D eigenvalue weighted by molar-refractivity contribution is 6.25. The van der Waals surface area contributed by atoms with Gasteiger partial charge in [0, 0.05) is 16.8 Å². The van der Waals surface area contributed by atoms with Crippen LogP contribution in [0.4, 0.5) is 17.1 Å². The van der Waals surface area contributed by atoms with E-state index in [2.05, 4.69) is 241 Å². The van der Waals surface area contributed by atoms with E-state index in [1.54, 1.807) is 0 Å². The highest BCUT2D eigenvalue weighted by Gasteiger charge is 2.27. The Balaban J connectivity index is 0.944. The number of rotatable bonds is 4. The van der Waals surface area contributed by atoms with Crippen LogP contribution in [0.15, 0.2) is 237 Å². The fraction of sp³-hybridized carbons (Fsp3) is 0. The second-order valence-corrected chi connectivity index (χ2v) is 16.9. The molecule has 0 aromatic heterocycles. The average molecular weight is 798 g/mol. The van der Waals surface area contributed by atoms with Crippen molar-refractivity contribution >= 4 is 70.9 Å². The summed E-state index contributed by atoms with van der Waals surface area (Å²) in [7, 11) is 0. The molecule has 1 aliphatic heterocycles. The Labute approximate surface area is 366 Å². The zero-order valence-electron chi connectivity index (χ0n) is 34.5. The van der Waals surface area contributed by atoms with E-state index in [4.69, 9.17) is 0 Å². The van der Waals surface area contributed by atoms with Crippen molar-refractivity contribution in [1.29, 1.82) is 0 Å². The SMILES string of the molecule is c1ccc(N2c3ccccc3-c3ccc(-c4ccc5ccccc5c4)cc3-c3cc(-c4ccc5cc(-c6ccc7c8ccccc8c8ccccc8c7c6)ccc5c4)ccc32)cc1. The predicted molar refractivity (Wildman–Crippen MR) is 269 cm³/mol. The number of benzene rings is 12. The molecule has 63 heavy (non-hydrogen) atoms. The zero-order chi connectivity index (χ0) is 41.4. The van der Waals surface area contributed by atoms with Crippen LogP contribution >= 0.6 is 0 Å². The molecule has 1 nitrogen and oxygen atoms in total. The largest absolute Gasteiger partial charge is 0.309 e. The van der Waals surface area contributed by atoms with Crippen LogP contribution in [0.2, 0.25) is 0 Å². The number of para-hydroxylation sites is 2. The molecule has 1 heterocycles. The van der Waals surface area contributed by atoms with Crippen molar-refractivity contribution in [2.45, 2.75) is 0 Å². The van der Waals surface area contributed by atoms with Crippen LogP contribution in [-0.4, -0.2) is 0 Å². The van der Waals surface area contributed by atoms with E-state index < -0.39 is 0 Å². The first-order valence-electron chi connectivity index (χ1n) is 21.8. The molecule has 0 atom stereocenters. The third-order valence-electron chi connectivity index (χ3n) is 13.3. The van der Waals surface area contributed by atoms with Crippen molar-refractivity contribution in [2.75, 3.05) is 4.90 Å². The van der Waals surface area contributed by atoms with E-state index in [-0.39, 0.29) is 0 Å². The van der Waals surface area contributed by atoms with E-state index in [0.717, 1.165) is 11.4 Å². The quantitative estimate of drug-likeness (QED) is 0.160. The fourth-order valence-corrected chi connectivity index (χ4v) is 10.3. The number of fused-ring (bicyclic) bond motifs is 13. The lowest BCUT2D eigenvalue weighted by atomic mass is 9.89. The summed E-state index contributed by atoms with van der Waals surface area (Å²) in [5.41, 5.74) is 15.6. The molecule has 0 saturated carbocycles. The summed E-state index contributed by atoms with van der Waals surface area (Å²) in [5.74, 6) is 0. The van der Waals surface area contributed by atoms with E-state index in [0.29, 0.717) is 0 Å². The number of nitrogens with zero attached hydrogens (tertiary/aromatic N) is 1. The van der Waals surface area contributed by atoms with Gasteiger partial charge in [-0.25, -0.2) is 0 Å². The van der Waals surface area contributed by atoms with Crippen LogP contribution in [0.5, 0.6) is 0 Å². The summed E-state index contributed by atoms with van der Waals surface area (Å²) in [4.78, 5) is 2.43. The lowest BCUT2D eigenvalue weighted by Crippen LogP contribution is -2.10. The molecule has 0 radical (unpaired) electrons. The molecule has 13 rings (SSSR count). The normalized spacial score (nSPS) is 12.1. The monoisotopic (exact) mass is 797 g/mol. The third kappa shape index (κ3) is 5.78. The maximum Gasteiger partial charge on any atom is 0.0540 e. The maximum atomic E-state index is 2.43. The third-order valence-corrected chi connectivity index (χ3v) is 13.3. The molecule has 0 aliphatic carbocycles. The van der Waals surface area contributed by atoms with Crippen LogP contribution in [0.1, 0.15) is 0 Å². The fourth-order valence-electron chi connectivity index (χ4n) is 10.3. The molecule has 1 heteroatoms. The van der Waals surface area contributed by atoms with Crippen molar-refractivity contribution in [2.24, 2.45) is 0 Å². The molecule has 0 unspecified atom stereocenters. The Morgan fingerprint density at radius 3 is 1.32 bits per heavy atom. The van der Waals surface area contributed by atoms with Crippen LogP contribution in [0, 0.1) is 0 Å². The zero-order valence-corrected chi connectivity index (χ0v) is 34.5. The van der Waals surface area contributed by atoms with Gasteiger partial charge in [-0.3, -0.25) is 0 Å². The minimum Gasteiger partial charge on any atom is -0.309 e. The minimum atomic E-state index is 1.14. The molecule has 12 aromatic rings. The van der Waals surface area contributed by atoms with E-state index in [9.17, 15) is 0 Å². The van der Waals surface area contributed by atoms with Crippen LogP contribution in [-0.2, 0) is 0 Å². The summed E-state index contributed by atoms with van der Waals surface area (Å²) in [6.07, 6.45) is 0. The van der Waals surface area contributed by atoms with Crippen molar-refractivity contribution < 1.29 is 0 Å². The van der Waals surface area contributed by atoms with Crippen LogP contribution in [0.25, 0.3) is 109 Å². The van der Waals surface area contributed by atoms with Gasteiger partial charge in [-0.15, -0.1) is 0 Å². The van der Waals surface area contributed by atoms with Gasteiger partial charge in [0.2, 0.25) is 0 Å². The Kier molecular flexibility index (Phi) is 7.98. The number of hydrogen-bond acceptors (Lipinski definition) is 1. The standard InChI is InChI=1S/C62H39N/c1-2-14-50(15-3-1)63-61-21-11-10-20-57(61)56-32-29-48(44-23-22-40-12-4-5-13-41(40)34-44)38-59(56)60-39-49(30-33-62(60)63)46-27-25-42-35-45(26-24-43(42)36-46)47-28-31-55-53-18-7-6-16-51(53)52-17-8-9-19-54(52)58(55)37-47/h1-39H. The second-order valence-electron chi connectivity index (χ2n) is 16.9. The van der Waals surface area contributed by atoms with Gasteiger partial charge in [-0.1, -0.05) is 176 Å². The molecule has 0 fully saturated rings. The Morgan fingerprint density at radius 1 is 0.206 bits per heavy atom. The summed E-state index contributed by atoms with van der Waals surface area (Å²) in [6, 6.07) is 87.6. The molecule has 1 aliphatic rings. The smallest absolute Gasteiger partial charge is 0.0540 e. The van der Waals surface area contributed by atoms with Gasteiger partial charge in [0.15, 0.2) is 0 Å². The summed E-state index contributed by atoms with van der Waals surface area (Å²) in [6.45, 7) is 0. The number of hydrogen-bond donors (Lipinski definition) is 0. The van der Waals surface area contributed by atoms with Gasteiger partial charge in [0.25, 0.3) is 0 Å². The Hall–Kier alpha value is -8.26. The highest BCUT2D eigenvalue weighted by Crippen LogP contribution is 2.52. The minimum absolute atomic E-state index is 1.14. The van der Waals surface area contributed by atoms with Crippen molar-refractivity contribution in [1.82, 2.24) is 0 Å². The molecule has 0 spiro atoms. The van der Waals surface area contributed by atoms with Gasteiger partial charge in [-0.05, 0) is 159 Å². The first-order chi connectivity index (χ1) is 31.2. The molecule has 0 amide bonds.